The number of fused-ring (bicyclic) bond motifs is 2. The van der Waals surface area contributed by atoms with Crippen LogP contribution < -0.4 is 5.32 Å². The molecule has 8 heteroatoms. The standard InChI is InChI=1S/C13H12F2N2O4/c14-8-4-7(11(17(19)20)5-9(8)15)13(18)16-10-3-6-1-2-12(10)21-6/h4-6,10,12H,1-3H2,(H,16,18). The number of hydrogen-bond donors (Lipinski definition) is 1. The van der Waals surface area contributed by atoms with E-state index in [0.717, 1.165) is 12.8 Å². The van der Waals surface area contributed by atoms with E-state index < -0.39 is 33.7 Å². The van der Waals surface area contributed by atoms with Crippen molar-refractivity contribution in [1.82, 2.24) is 5.32 Å². The van der Waals surface area contributed by atoms with Gasteiger partial charge in [0.15, 0.2) is 11.6 Å². The zero-order valence-electron chi connectivity index (χ0n) is 10.8. The summed E-state index contributed by atoms with van der Waals surface area (Å²) in [4.78, 5) is 22.1. The molecule has 112 valence electrons. The molecule has 1 aromatic carbocycles. The summed E-state index contributed by atoms with van der Waals surface area (Å²) in [6.07, 6.45) is 2.37. The smallest absolute Gasteiger partial charge is 0.285 e. The van der Waals surface area contributed by atoms with Crippen molar-refractivity contribution < 1.29 is 23.2 Å². The van der Waals surface area contributed by atoms with Gasteiger partial charge >= 0.3 is 0 Å². The van der Waals surface area contributed by atoms with Crippen molar-refractivity contribution in [3.63, 3.8) is 0 Å². The van der Waals surface area contributed by atoms with E-state index in [1.807, 2.05) is 0 Å². The fraction of sp³-hybridized carbons (Fsp3) is 0.462. The van der Waals surface area contributed by atoms with Crippen molar-refractivity contribution in [3.05, 3.63) is 39.4 Å². The molecule has 1 aromatic rings. The molecule has 6 nitrogen and oxygen atoms in total. The monoisotopic (exact) mass is 298 g/mol. The molecule has 0 aliphatic carbocycles. The van der Waals surface area contributed by atoms with Crippen LogP contribution in [0.1, 0.15) is 29.6 Å². The number of hydrogen-bond acceptors (Lipinski definition) is 4. The lowest BCUT2D eigenvalue weighted by atomic mass is 9.95. The number of halogens is 2. The summed E-state index contributed by atoms with van der Waals surface area (Å²) in [5, 5.41) is 13.5. The highest BCUT2D eigenvalue weighted by molar-refractivity contribution is 5.98. The molecular weight excluding hydrogens is 286 g/mol. The lowest BCUT2D eigenvalue weighted by molar-refractivity contribution is -0.385. The van der Waals surface area contributed by atoms with Crippen LogP contribution >= 0.6 is 0 Å². The summed E-state index contributed by atoms with van der Waals surface area (Å²) in [5.41, 5.74) is -1.24. The Labute approximate surface area is 118 Å². The van der Waals surface area contributed by atoms with Gasteiger partial charge in [0.25, 0.3) is 11.6 Å². The van der Waals surface area contributed by atoms with Gasteiger partial charge in [-0.05, 0) is 25.3 Å². The number of nitrogens with one attached hydrogen (secondary N) is 1. The van der Waals surface area contributed by atoms with Crippen molar-refractivity contribution in [2.75, 3.05) is 0 Å². The predicted molar refractivity (Wildman–Crippen MR) is 66.8 cm³/mol. The molecule has 2 saturated heterocycles. The highest BCUT2D eigenvalue weighted by Gasteiger charge is 2.42. The van der Waals surface area contributed by atoms with Gasteiger partial charge < -0.3 is 10.1 Å². The van der Waals surface area contributed by atoms with Crippen LogP contribution in [-0.2, 0) is 4.74 Å². The zero-order valence-corrected chi connectivity index (χ0v) is 10.8. The quantitative estimate of drug-likeness (QED) is 0.683. The van der Waals surface area contributed by atoms with Crippen LogP contribution in [0, 0.1) is 21.7 Å². The Morgan fingerprint density at radius 2 is 2.05 bits per heavy atom. The largest absolute Gasteiger partial charge is 0.373 e. The Morgan fingerprint density at radius 1 is 1.33 bits per heavy atom. The van der Waals surface area contributed by atoms with Gasteiger partial charge in [-0.3, -0.25) is 14.9 Å². The van der Waals surface area contributed by atoms with Gasteiger partial charge in [-0.2, -0.15) is 0 Å². The minimum atomic E-state index is -1.36. The van der Waals surface area contributed by atoms with Crippen LogP contribution in [0.15, 0.2) is 12.1 Å². The molecule has 2 aliphatic rings. The van der Waals surface area contributed by atoms with Crippen molar-refractivity contribution >= 4 is 11.6 Å². The van der Waals surface area contributed by atoms with E-state index in [2.05, 4.69) is 5.32 Å². The number of nitrogens with zero attached hydrogens (tertiary/aromatic N) is 1. The molecule has 0 spiro atoms. The molecule has 21 heavy (non-hydrogen) atoms. The maximum atomic E-state index is 13.2. The van der Waals surface area contributed by atoms with E-state index in [0.29, 0.717) is 18.6 Å². The van der Waals surface area contributed by atoms with Gasteiger partial charge in [-0.15, -0.1) is 0 Å². The van der Waals surface area contributed by atoms with Gasteiger partial charge in [0, 0.05) is 0 Å². The van der Waals surface area contributed by atoms with E-state index in [1.54, 1.807) is 0 Å². The average Bonchev–Trinajstić information content (AvgIpc) is 3.03. The van der Waals surface area contributed by atoms with Gasteiger partial charge in [0.1, 0.15) is 5.56 Å². The van der Waals surface area contributed by atoms with E-state index in [4.69, 9.17) is 4.74 Å². The highest BCUT2D eigenvalue weighted by Crippen LogP contribution is 2.34. The second kappa shape index (κ2) is 5.03. The van der Waals surface area contributed by atoms with Crippen LogP contribution in [0.25, 0.3) is 0 Å². The van der Waals surface area contributed by atoms with E-state index in [9.17, 15) is 23.7 Å². The minimum Gasteiger partial charge on any atom is -0.373 e. The van der Waals surface area contributed by atoms with Crippen LogP contribution in [0.3, 0.4) is 0 Å². The molecule has 3 rings (SSSR count). The van der Waals surface area contributed by atoms with Crippen molar-refractivity contribution in [2.45, 2.75) is 37.5 Å². The van der Waals surface area contributed by atoms with Gasteiger partial charge in [-0.1, -0.05) is 0 Å². The molecule has 2 aliphatic heterocycles. The number of ether oxygens (including phenoxy) is 1. The van der Waals surface area contributed by atoms with E-state index in [1.165, 1.54) is 0 Å². The molecule has 1 N–H and O–H groups in total. The van der Waals surface area contributed by atoms with Gasteiger partial charge in [0.05, 0.1) is 29.2 Å². The fourth-order valence-corrected chi connectivity index (χ4v) is 2.91. The molecule has 3 atom stereocenters. The molecule has 0 aromatic heterocycles. The Bertz CT molecular complexity index is 622. The number of nitro groups is 1. The summed E-state index contributed by atoms with van der Waals surface area (Å²) in [7, 11) is 0. The first-order valence-corrected chi connectivity index (χ1v) is 6.55. The van der Waals surface area contributed by atoms with E-state index >= 15 is 0 Å². The third-order valence-corrected chi connectivity index (χ3v) is 3.90. The maximum absolute atomic E-state index is 13.2. The lowest BCUT2D eigenvalue weighted by Gasteiger charge is -2.20. The Morgan fingerprint density at radius 3 is 2.62 bits per heavy atom. The Kier molecular flexibility index (Phi) is 3.32. The van der Waals surface area contributed by atoms with Crippen LogP contribution in [0.2, 0.25) is 0 Å². The SMILES string of the molecule is O=C(NC1CC2CCC1O2)c1cc(F)c(F)cc1[N+](=O)[O-]. The number of rotatable bonds is 3. The normalized spacial score (nSPS) is 26.9. The second-order valence-electron chi connectivity index (χ2n) is 5.23. The van der Waals surface area contributed by atoms with E-state index in [-0.39, 0.29) is 18.2 Å². The van der Waals surface area contributed by atoms with Crippen LogP contribution in [0.5, 0.6) is 0 Å². The average molecular weight is 298 g/mol. The molecule has 3 unspecified atom stereocenters. The fourth-order valence-electron chi connectivity index (χ4n) is 2.91. The second-order valence-corrected chi connectivity index (χ2v) is 5.23. The molecule has 1 amide bonds. The number of carbonyl (C=O) groups excluding carboxylic acids is 1. The molecular formula is C13H12F2N2O4. The van der Waals surface area contributed by atoms with Crippen LogP contribution in [0.4, 0.5) is 14.5 Å². The number of benzene rings is 1. The first kappa shape index (κ1) is 13.9. The van der Waals surface area contributed by atoms with Crippen molar-refractivity contribution in [1.29, 1.82) is 0 Å². The van der Waals surface area contributed by atoms with Gasteiger partial charge in [0.2, 0.25) is 0 Å². The zero-order chi connectivity index (χ0) is 15.1. The first-order chi connectivity index (χ1) is 9.95. The minimum absolute atomic E-state index is 0.0974. The van der Waals surface area contributed by atoms with Crippen molar-refractivity contribution in [2.24, 2.45) is 0 Å². The number of amides is 1. The summed E-state index contributed by atoms with van der Waals surface area (Å²) in [5.74, 6) is -3.45. The Balaban J connectivity index is 1.84. The number of carbonyl (C=O) groups is 1. The van der Waals surface area contributed by atoms with Crippen molar-refractivity contribution in [3.8, 4) is 0 Å². The highest BCUT2D eigenvalue weighted by atomic mass is 19.2. The third kappa shape index (κ3) is 2.46. The predicted octanol–water partition coefficient (Wildman–Crippen LogP) is 1.92. The molecule has 2 heterocycles. The maximum Gasteiger partial charge on any atom is 0.285 e. The topological polar surface area (TPSA) is 81.5 Å². The Hall–Kier alpha value is -2.09. The summed E-state index contributed by atoms with van der Waals surface area (Å²) >= 11 is 0. The lowest BCUT2D eigenvalue weighted by Crippen LogP contribution is -2.41. The van der Waals surface area contributed by atoms with Crippen LogP contribution in [-0.4, -0.2) is 29.1 Å². The summed E-state index contributed by atoms with van der Waals surface area (Å²) < 4.78 is 31.9. The first-order valence-electron chi connectivity index (χ1n) is 6.55. The molecule has 2 bridgehead atoms. The molecule has 2 fully saturated rings. The molecule has 0 saturated carbocycles. The summed E-state index contributed by atoms with van der Waals surface area (Å²) in [6.45, 7) is 0. The van der Waals surface area contributed by atoms with Gasteiger partial charge in [-0.25, -0.2) is 8.78 Å². The number of nitro benzene ring substituents is 1. The molecule has 0 radical (unpaired) electrons. The summed E-state index contributed by atoms with van der Waals surface area (Å²) in [6, 6.07) is 0.724. The third-order valence-electron chi connectivity index (χ3n) is 3.90.